The van der Waals surface area contributed by atoms with E-state index in [1.807, 2.05) is 31.3 Å². The van der Waals surface area contributed by atoms with Crippen molar-refractivity contribution in [2.24, 2.45) is 0 Å². The van der Waals surface area contributed by atoms with Crippen molar-refractivity contribution in [3.63, 3.8) is 0 Å². The number of nitrogens with one attached hydrogen (secondary N) is 2. The molecule has 1 aliphatic heterocycles. The molecule has 3 heterocycles. The van der Waals surface area contributed by atoms with Crippen LogP contribution >= 0.6 is 11.6 Å². The lowest BCUT2D eigenvalue weighted by Crippen LogP contribution is -2.26. The number of rotatable bonds is 0. The maximum Gasteiger partial charge on any atom is 0.164 e. The topological polar surface area (TPSA) is 83.7 Å². The Morgan fingerprint density at radius 3 is 3.08 bits per heavy atom. The smallest absolute Gasteiger partial charge is 0.164 e. The van der Waals surface area contributed by atoms with Gasteiger partial charge in [-0.15, -0.1) is 0 Å². The number of ether oxygens (including phenoxy) is 1. The summed E-state index contributed by atoms with van der Waals surface area (Å²) in [5.41, 5.74) is 2.17. The quantitative estimate of drug-likeness (QED) is 0.572. The third kappa shape index (κ3) is 3.13. The maximum absolute atomic E-state index is 10.4. The minimum absolute atomic E-state index is 0.0614. The highest BCUT2D eigenvalue weighted by atomic mass is 35.5. The number of aliphatic hydroxyl groups excluding tert-OH is 1. The van der Waals surface area contributed by atoms with E-state index in [1.54, 1.807) is 16.8 Å². The van der Waals surface area contributed by atoms with E-state index < -0.39 is 6.23 Å². The van der Waals surface area contributed by atoms with Gasteiger partial charge in [0.15, 0.2) is 5.65 Å². The molecule has 25 heavy (non-hydrogen) atoms. The second-order valence-corrected chi connectivity index (χ2v) is 6.37. The molecule has 1 aliphatic rings. The largest absolute Gasteiger partial charge is 0.492 e. The highest BCUT2D eigenvalue weighted by molar-refractivity contribution is 6.30. The van der Waals surface area contributed by atoms with Gasteiger partial charge >= 0.3 is 0 Å². The fourth-order valence-electron chi connectivity index (χ4n) is 2.92. The van der Waals surface area contributed by atoms with Crippen molar-refractivity contribution in [3.05, 3.63) is 52.8 Å². The first kappa shape index (κ1) is 16.1. The lowest BCUT2D eigenvalue weighted by atomic mass is 10.1. The van der Waals surface area contributed by atoms with Gasteiger partial charge in [-0.3, -0.25) is 5.32 Å². The molecule has 1 aromatic carbocycles. The number of fused-ring (bicyclic) bond motifs is 2. The SMILES string of the molecule is CC1Nc2ccn3ncc(c3n2)C(O)NCCOc2ccc(Cl)cc21. The van der Waals surface area contributed by atoms with Crippen LogP contribution in [-0.2, 0) is 0 Å². The Morgan fingerprint density at radius 1 is 1.32 bits per heavy atom. The number of benzene rings is 1. The summed E-state index contributed by atoms with van der Waals surface area (Å²) in [4.78, 5) is 4.59. The second-order valence-electron chi connectivity index (χ2n) is 5.93. The first-order valence-electron chi connectivity index (χ1n) is 8.06. The fraction of sp³-hybridized carbons (Fsp3) is 0.294. The Morgan fingerprint density at radius 2 is 2.20 bits per heavy atom. The minimum atomic E-state index is -0.869. The Balaban J connectivity index is 1.78. The van der Waals surface area contributed by atoms with Crippen LogP contribution in [0.25, 0.3) is 5.65 Å². The van der Waals surface area contributed by atoms with E-state index in [9.17, 15) is 5.11 Å². The van der Waals surface area contributed by atoms with Gasteiger partial charge in [-0.25, -0.2) is 9.50 Å². The van der Waals surface area contributed by atoms with Crippen LogP contribution in [-0.4, -0.2) is 32.9 Å². The van der Waals surface area contributed by atoms with Crippen LogP contribution in [0.15, 0.2) is 36.7 Å². The number of anilines is 1. The number of aliphatic hydroxyl groups is 1. The summed E-state index contributed by atoms with van der Waals surface area (Å²) in [6.45, 7) is 2.91. The van der Waals surface area contributed by atoms with Gasteiger partial charge in [0, 0.05) is 23.3 Å². The van der Waals surface area contributed by atoms with E-state index >= 15 is 0 Å². The summed E-state index contributed by atoms with van der Waals surface area (Å²) in [7, 11) is 0. The molecule has 0 spiro atoms. The van der Waals surface area contributed by atoms with E-state index in [-0.39, 0.29) is 6.04 Å². The van der Waals surface area contributed by atoms with Crippen LogP contribution in [0.4, 0.5) is 5.82 Å². The van der Waals surface area contributed by atoms with Gasteiger partial charge in [-0.1, -0.05) is 11.6 Å². The molecule has 2 bridgehead atoms. The number of hydrogen-bond acceptors (Lipinski definition) is 6. The molecule has 7 nitrogen and oxygen atoms in total. The number of aromatic nitrogens is 3. The summed E-state index contributed by atoms with van der Waals surface area (Å²) >= 11 is 6.16. The molecule has 0 saturated carbocycles. The van der Waals surface area contributed by atoms with Gasteiger partial charge in [-0.05, 0) is 31.2 Å². The summed E-state index contributed by atoms with van der Waals surface area (Å²) < 4.78 is 7.51. The third-order valence-corrected chi connectivity index (χ3v) is 4.43. The molecule has 8 heteroatoms. The number of nitrogens with zero attached hydrogens (tertiary/aromatic N) is 3. The summed E-state index contributed by atoms with van der Waals surface area (Å²) in [6, 6.07) is 7.32. The van der Waals surface area contributed by atoms with Crippen LogP contribution in [0.1, 0.15) is 30.3 Å². The number of halogens is 1. The molecule has 130 valence electrons. The third-order valence-electron chi connectivity index (χ3n) is 4.19. The van der Waals surface area contributed by atoms with Crippen molar-refractivity contribution in [1.82, 2.24) is 19.9 Å². The van der Waals surface area contributed by atoms with Gasteiger partial charge in [-0.2, -0.15) is 5.10 Å². The highest BCUT2D eigenvalue weighted by Crippen LogP contribution is 2.31. The number of hydrogen-bond donors (Lipinski definition) is 3. The molecule has 0 saturated heterocycles. The zero-order valence-corrected chi connectivity index (χ0v) is 14.4. The highest BCUT2D eigenvalue weighted by Gasteiger charge is 2.18. The standard InChI is InChI=1S/C17H18ClN5O2/c1-10-12-8-11(18)2-3-14(12)25-7-5-19-17(24)13-9-20-23-6-4-15(21-10)22-16(13)23/h2-4,6,8-10,17,19,24H,5,7H2,1H3,(H,21,22). The van der Waals surface area contributed by atoms with Crippen molar-refractivity contribution in [3.8, 4) is 5.75 Å². The molecule has 2 atom stereocenters. The molecule has 0 amide bonds. The normalized spacial score (nSPS) is 20.8. The average Bonchev–Trinajstić information content (AvgIpc) is 3.02. The van der Waals surface area contributed by atoms with E-state index in [0.717, 1.165) is 11.3 Å². The monoisotopic (exact) mass is 359 g/mol. The molecule has 0 aliphatic carbocycles. The lowest BCUT2D eigenvalue weighted by Gasteiger charge is -2.19. The van der Waals surface area contributed by atoms with Crippen molar-refractivity contribution < 1.29 is 9.84 Å². The average molecular weight is 360 g/mol. The van der Waals surface area contributed by atoms with Crippen molar-refractivity contribution in [2.75, 3.05) is 18.5 Å². The predicted octanol–water partition coefficient (Wildman–Crippen LogP) is 2.53. The molecule has 0 radical (unpaired) electrons. The Kier molecular flexibility index (Phi) is 4.20. The minimum Gasteiger partial charge on any atom is -0.492 e. The molecular formula is C17H18ClN5O2. The second kappa shape index (κ2) is 6.51. The van der Waals surface area contributed by atoms with Gasteiger partial charge in [0.25, 0.3) is 0 Å². The van der Waals surface area contributed by atoms with Crippen molar-refractivity contribution >= 4 is 23.1 Å². The van der Waals surface area contributed by atoms with Crippen molar-refractivity contribution in [2.45, 2.75) is 19.2 Å². The predicted molar refractivity (Wildman–Crippen MR) is 94.9 cm³/mol. The van der Waals surface area contributed by atoms with Crippen LogP contribution in [0.5, 0.6) is 5.75 Å². The van der Waals surface area contributed by atoms with Crippen LogP contribution in [0.2, 0.25) is 5.02 Å². The lowest BCUT2D eigenvalue weighted by molar-refractivity contribution is 0.133. The van der Waals surface area contributed by atoms with Crippen LogP contribution < -0.4 is 15.4 Å². The first-order chi connectivity index (χ1) is 12.1. The van der Waals surface area contributed by atoms with Crippen molar-refractivity contribution in [1.29, 1.82) is 0 Å². The summed E-state index contributed by atoms with van der Waals surface area (Å²) in [5.74, 6) is 1.43. The van der Waals surface area contributed by atoms with E-state index in [0.29, 0.717) is 35.2 Å². The Labute approximate surface area is 149 Å². The van der Waals surface area contributed by atoms with Gasteiger partial charge in [0.2, 0.25) is 0 Å². The summed E-state index contributed by atoms with van der Waals surface area (Å²) in [5, 5.41) is 21.6. The van der Waals surface area contributed by atoms with Gasteiger partial charge < -0.3 is 15.2 Å². The van der Waals surface area contributed by atoms with E-state index in [4.69, 9.17) is 16.3 Å². The molecule has 4 rings (SSSR count). The van der Waals surface area contributed by atoms with Gasteiger partial charge in [0.05, 0.1) is 17.8 Å². The zero-order chi connectivity index (χ0) is 17.4. The van der Waals surface area contributed by atoms with Crippen LogP contribution in [0, 0.1) is 0 Å². The molecule has 0 fully saturated rings. The zero-order valence-electron chi connectivity index (χ0n) is 13.6. The summed E-state index contributed by atoms with van der Waals surface area (Å²) in [6.07, 6.45) is 2.55. The fourth-order valence-corrected chi connectivity index (χ4v) is 3.10. The molecule has 2 aromatic heterocycles. The molecule has 3 N–H and O–H groups in total. The first-order valence-corrected chi connectivity index (χ1v) is 8.44. The van der Waals surface area contributed by atoms with E-state index in [1.165, 1.54) is 0 Å². The van der Waals surface area contributed by atoms with E-state index in [2.05, 4.69) is 20.7 Å². The molecular weight excluding hydrogens is 342 g/mol. The Hall–Kier alpha value is -2.35. The maximum atomic E-state index is 10.4. The molecule has 3 aromatic rings. The Bertz CT molecular complexity index is 913. The van der Waals surface area contributed by atoms with Gasteiger partial charge in [0.1, 0.15) is 24.4 Å². The molecule has 2 unspecified atom stereocenters. The van der Waals surface area contributed by atoms with Crippen LogP contribution in [0.3, 0.4) is 0 Å².